The van der Waals surface area contributed by atoms with Crippen LogP contribution < -0.4 is 4.74 Å². The summed E-state index contributed by atoms with van der Waals surface area (Å²) < 4.78 is 10.9. The lowest BCUT2D eigenvalue weighted by Gasteiger charge is -2.34. The highest BCUT2D eigenvalue weighted by molar-refractivity contribution is 5.78. The number of carbonyl (C=O) groups excluding carboxylic acids is 1. The Labute approximate surface area is 153 Å². The summed E-state index contributed by atoms with van der Waals surface area (Å²) in [6.45, 7) is 5.08. The van der Waals surface area contributed by atoms with E-state index >= 15 is 0 Å². The number of nitrogens with zero attached hydrogens (tertiary/aromatic N) is 3. The van der Waals surface area contributed by atoms with Gasteiger partial charge in [-0.25, -0.2) is 4.98 Å². The highest BCUT2D eigenvalue weighted by atomic mass is 16.5. The Kier molecular flexibility index (Phi) is 5.88. The van der Waals surface area contributed by atoms with Gasteiger partial charge in [-0.3, -0.25) is 9.89 Å². The standard InChI is InChI=1S/C19H26N4O3/c1-13-7-6-8-14(2)18(13)26-12-17(24)23-10-5-4-9-15(23)19-20-16(11-25-3)21-22-19/h6-8,15H,4-5,9-12H2,1-3H3,(H,20,21,22)/t15-/m1/s1. The first kappa shape index (κ1) is 18.4. The average molecular weight is 358 g/mol. The number of piperidine rings is 1. The van der Waals surface area contributed by atoms with Crippen molar-refractivity contribution in [3.8, 4) is 5.75 Å². The van der Waals surface area contributed by atoms with Crippen LogP contribution in [0.15, 0.2) is 18.2 Å². The molecule has 1 saturated heterocycles. The maximum Gasteiger partial charge on any atom is 0.261 e. The van der Waals surface area contributed by atoms with Crippen LogP contribution in [-0.4, -0.2) is 46.2 Å². The van der Waals surface area contributed by atoms with Crippen LogP contribution in [0, 0.1) is 13.8 Å². The number of rotatable bonds is 6. The van der Waals surface area contributed by atoms with E-state index in [-0.39, 0.29) is 18.6 Å². The zero-order valence-corrected chi connectivity index (χ0v) is 15.6. The molecule has 1 atom stereocenters. The number of hydrogen-bond acceptors (Lipinski definition) is 5. The summed E-state index contributed by atoms with van der Waals surface area (Å²) in [4.78, 5) is 19.1. The van der Waals surface area contributed by atoms with Crippen molar-refractivity contribution in [1.29, 1.82) is 0 Å². The molecule has 0 unspecified atom stereocenters. The first-order valence-electron chi connectivity index (χ1n) is 8.98. The zero-order chi connectivity index (χ0) is 18.5. The topological polar surface area (TPSA) is 80.3 Å². The number of aromatic nitrogens is 3. The van der Waals surface area contributed by atoms with Crippen LogP contribution in [0.5, 0.6) is 5.75 Å². The van der Waals surface area contributed by atoms with Gasteiger partial charge in [0.2, 0.25) is 0 Å². The van der Waals surface area contributed by atoms with Crippen LogP contribution in [0.1, 0.15) is 48.1 Å². The molecule has 2 heterocycles. The van der Waals surface area contributed by atoms with Gasteiger partial charge in [-0.1, -0.05) is 18.2 Å². The Hall–Kier alpha value is -2.41. The van der Waals surface area contributed by atoms with Crippen molar-refractivity contribution in [2.24, 2.45) is 0 Å². The summed E-state index contributed by atoms with van der Waals surface area (Å²) in [5.74, 6) is 2.08. The van der Waals surface area contributed by atoms with E-state index in [0.29, 0.717) is 24.8 Å². The second kappa shape index (κ2) is 8.31. The van der Waals surface area contributed by atoms with Crippen molar-refractivity contribution in [3.63, 3.8) is 0 Å². The molecule has 1 aliphatic heterocycles. The first-order chi connectivity index (χ1) is 12.6. The molecule has 140 valence electrons. The number of likely N-dealkylation sites (tertiary alicyclic amines) is 1. The van der Waals surface area contributed by atoms with Gasteiger partial charge in [0.15, 0.2) is 18.3 Å². The molecule has 0 radical (unpaired) electrons. The number of methoxy groups -OCH3 is 1. The Bertz CT molecular complexity index is 739. The quantitative estimate of drug-likeness (QED) is 0.859. The molecule has 0 bridgehead atoms. The summed E-state index contributed by atoms with van der Waals surface area (Å²) in [6, 6.07) is 5.85. The molecule has 0 saturated carbocycles. The molecular formula is C19H26N4O3. The van der Waals surface area contributed by atoms with E-state index in [1.807, 2.05) is 36.9 Å². The fourth-order valence-electron chi connectivity index (χ4n) is 3.40. The summed E-state index contributed by atoms with van der Waals surface area (Å²) in [5.41, 5.74) is 2.07. The third-order valence-electron chi connectivity index (χ3n) is 4.70. The maximum absolute atomic E-state index is 12.8. The van der Waals surface area contributed by atoms with E-state index in [0.717, 1.165) is 36.1 Å². The summed E-state index contributed by atoms with van der Waals surface area (Å²) in [7, 11) is 1.61. The van der Waals surface area contributed by atoms with Crippen LogP contribution >= 0.6 is 0 Å². The largest absolute Gasteiger partial charge is 0.483 e. The molecule has 0 spiro atoms. The molecule has 0 aliphatic carbocycles. The maximum atomic E-state index is 12.8. The van der Waals surface area contributed by atoms with E-state index in [1.54, 1.807) is 7.11 Å². The fraction of sp³-hybridized carbons (Fsp3) is 0.526. The molecule has 7 nitrogen and oxygen atoms in total. The normalized spacial score (nSPS) is 17.3. The fourth-order valence-corrected chi connectivity index (χ4v) is 3.40. The van der Waals surface area contributed by atoms with Crippen LogP contribution in [-0.2, 0) is 16.1 Å². The summed E-state index contributed by atoms with van der Waals surface area (Å²) in [6.07, 6.45) is 2.90. The number of aryl methyl sites for hydroxylation is 2. The van der Waals surface area contributed by atoms with Gasteiger partial charge >= 0.3 is 0 Å². The summed E-state index contributed by atoms with van der Waals surface area (Å²) >= 11 is 0. The van der Waals surface area contributed by atoms with Gasteiger partial charge < -0.3 is 14.4 Å². The Morgan fingerprint density at radius 3 is 2.81 bits per heavy atom. The minimum Gasteiger partial charge on any atom is -0.483 e. The third-order valence-corrected chi connectivity index (χ3v) is 4.70. The smallest absolute Gasteiger partial charge is 0.261 e. The van der Waals surface area contributed by atoms with Gasteiger partial charge in [-0.05, 0) is 44.2 Å². The summed E-state index contributed by atoms with van der Waals surface area (Å²) in [5, 5.41) is 7.17. The lowest BCUT2D eigenvalue weighted by atomic mass is 10.0. The lowest BCUT2D eigenvalue weighted by molar-refractivity contribution is -0.137. The van der Waals surface area contributed by atoms with Crippen molar-refractivity contribution in [3.05, 3.63) is 41.0 Å². The van der Waals surface area contributed by atoms with Gasteiger partial charge in [0.1, 0.15) is 12.4 Å². The predicted molar refractivity (Wildman–Crippen MR) is 96.8 cm³/mol. The molecule has 3 rings (SSSR count). The highest BCUT2D eigenvalue weighted by Gasteiger charge is 2.31. The van der Waals surface area contributed by atoms with E-state index in [1.165, 1.54) is 0 Å². The minimum atomic E-state index is -0.111. The molecule has 1 fully saturated rings. The average Bonchev–Trinajstić information content (AvgIpc) is 3.10. The number of amides is 1. The van der Waals surface area contributed by atoms with Crippen LogP contribution in [0.25, 0.3) is 0 Å². The number of aromatic amines is 1. The molecule has 1 N–H and O–H groups in total. The van der Waals surface area contributed by atoms with Gasteiger partial charge in [-0.15, -0.1) is 0 Å². The Morgan fingerprint density at radius 1 is 1.31 bits per heavy atom. The molecule has 1 aromatic heterocycles. The van der Waals surface area contributed by atoms with E-state index < -0.39 is 0 Å². The number of H-pyrrole nitrogens is 1. The van der Waals surface area contributed by atoms with E-state index in [9.17, 15) is 4.79 Å². The zero-order valence-electron chi connectivity index (χ0n) is 15.6. The second-order valence-corrected chi connectivity index (χ2v) is 6.68. The third kappa shape index (κ3) is 4.04. The van der Waals surface area contributed by atoms with Crippen LogP contribution in [0.2, 0.25) is 0 Å². The van der Waals surface area contributed by atoms with Gasteiger partial charge in [0.25, 0.3) is 5.91 Å². The van der Waals surface area contributed by atoms with Gasteiger partial charge in [0, 0.05) is 13.7 Å². The number of para-hydroxylation sites is 1. The van der Waals surface area contributed by atoms with Gasteiger partial charge in [-0.2, -0.15) is 5.10 Å². The minimum absolute atomic E-state index is 0.0253. The Morgan fingerprint density at radius 2 is 2.08 bits per heavy atom. The highest BCUT2D eigenvalue weighted by Crippen LogP contribution is 2.29. The monoisotopic (exact) mass is 358 g/mol. The van der Waals surface area contributed by atoms with Crippen molar-refractivity contribution in [2.45, 2.75) is 45.8 Å². The van der Waals surface area contributed by atoms with Crippen molar-refractivity contribution >= 4 is 5.91 Å². The number of ether oxygens (including phenoxy) is 2. The molecule has 1 aliphatic rings. The van der Waals surface area contributed by atoms with Gasteiger partial charge in [0.05, 0.1) is 6.04 Å². The number of carbonyl (C=O) groups is 1. The molecule has 26 heavy (non-hydrogen) atoms. The van der Waals surface area contributed by atoms with Crippen LogP contribution in [0.3, 0.4) is 0 Å². The SMILES string of the molecule is COCc1nc([C@H]2CCCCN2C(=O)COc2c(C)cccc2C)n[nH]1. The lowest BCUT2D eigenvalue weighted by Crippen LogP contribution is -2.41. The van der Waals surface area contributed by atoms with E-state index in [4.69, 9.17) is 9.47 Å². The molecule has 2 aromatic rings. The molecule has 7 heteroatoms. The molecule has 1 amide bonds. The van der Waals surface area contributed by atoms with Crippen LogP contribution in [0.4, 0.5) is 0 Å². The number of hydrogen-bond donors (Lipinski definition) is 1. The number of benzene rings is 1. The number of nitrogens with one attached hydrogen (secondary N) is 1. The second-order valence-electron chi connectivity index (χ2n) is 6.68. The van der Waals surface area contributed by atoms with Crippen molar-refractivity contribution in [2.75, 3.05) is 20.3 Å². The predicted octanol–water partition coefficient (Wildman–Crippen LogP) is 2.70. The van der Waals surface area contributed by atoms with E-state index in [2.05, 4.69) is 15.2 Å². The Balaban J connectivity index is 1.69. The van der Waals surface area contributed by atoms with Crippen molar-refractivity contribution < 1.29 is 14.3 Å². The molecule has 1 aromatic carbocycles. The first-order valence-corrected chi connectivity index (χ1v) is 8.98. The molecular weight excluding hydrogens is 332 g/mol. The van der Waals surface area contributed by atoms with Crippen molar-refractivity contribution in [1.82, 2.24) is 20.1 Å².